The number of aromatic nitrogens is 3. The van der Waals surface area contributed by atoms with Gasteiger partial charge in [0, 0.05) is 17.1 Å². The number of fused-ring (bicyclic) bond motifs is 6. The van der Waals surface area contributed by atoms with Crippen LogP contribution in [0.4, 0.5) is 5.95 Å². The zero-order valence-corrected chi connectivity index (χ0v) is 12.6. The Hall–Kier alpha value is -3.28. The van der Waals surface area contributed by atoms with E-state index in [1.54, 1.807) is 12.3 Å². The van der Waals surface area contributed by atoms with Crippen LogP contribution in [0, 0.1) is 0 Å². The molecule has 1 aliphatic carbocycles. The molecule has 0 atom stereocenters. The number of hydrogen-bond donors (Lipinski definition) is 1. The zero-order chi connectivity index (χ0) is 16.3. The maximum Gasteiger partial charge on any atom is 0.345 e. The average molecular weight is 316 g/mol. The summed E-state index contributed by atoms with van der Waals surface area (Å²) in [4.78, 5) is 25.6. The van der Waals surface area contributed by atoms with Gasteiger partial charge in [0.25, 0.3) is 0 Å². The Balaban J connectivity index is 1.92. The Morgan fingerprint density at radius 2 is 1.96 bits per heavy atom. The molecule has 0 spiro atoms. The summed E-state index contributed by atoms with van der Waals surface area (Å²) in [5.41, 5.74) is 10.1. The Bertz CT molecular complexity index is 1200. The highest BCUT2D eigenvalue weighted by Gasteiger charge is 2.22. The molecule has 0 radical (unpaired) electrons. The number of anilines is 1. The highest BCUT2D eigenvalue weighted by atomic mass is 16.4. The van der Waals surface area contributed by atoms with Crippen LogP contribution in [-0.2, 0) is 12.8 Å². The number of benzene rings is 1. The van der Waals surface area contributed by atoms with Crippen LogP contribution < -0.4 is 11.4 Å². The Labute approximate surface area is 136 Å². The summed E-state index contributed by atoms with van der Waals surface area (Å²) in [6.07, 6.45) is 3.33. The van der Waals surface area contributed by atoms with Gasteiger partial charge in [-0.15, -0.1) is 0 Å². The molecule has 0 aliphatic heterocycles. The molecule has 0 amide bonds. The first-order valence-corrected chi connectivity index (χ1v) is 7.68. The second-order valence-electron chi connectivity index (χ2n) is 5.87. The van der Waals surface area contributed by atoms with Crippen molar-refractivity contribution < 1.29 is 4.42 Å². The third-order valence-electron chi connectivity index (χ3n) is 4.44. The molecule has 116 valence electrons. The number of nitrogen functional groups attached to an aromatic ring is 1. The second-order valence-corrected chi connectivity index (χ2v) is 5.87. The number of pyridine rings is 1. The minimum Gasteiger partial charge on any atom is -0.422 e. The molecule has 3 aromatic heterocycles. The van der Waals surface area contributed by atoms with E-state index in [9.17, 15) is 4.79 Å². The quantitative estimate of drug-likeness (QED) is 0.395. The molecule has 5 rings (SSSR count). The van der Waals surface area contributed by atoms with Gasteiger partial charge in [-0.05, 0) is 36.6 Å². The van der Waals surface area contributed by atoms with Crippen LogP contribution in [0.3, 0.4) is 0 Å². The van der Waals surface area contributed by atoms with Crippen molar-refractivity contribution in [2.45, 2.75) is 12.8 Å². The molecular weight excluding hydrogens is 304 g/mol. The van der Waals surface area contributed by atoms with E-state index >= 15 is 0 Å². The van der Waals surface area contributed by atoms with Crippen molar-refractivity contribution >= 4 is 27.8 Å². The summed E-state index contributed by atoms with van der Waals surface area (Å²) < 4.78 is 5.42. The zero-order valence-electron chi connectivity index (χ0n) is 12.6. The van der Waals surface area contributed by atoms with E-state index in [1.165, 1.54) is 0 Å². The van der Waals surface area contributed by atoms with Crippen LogP contribution in [0.25, 0.3) is 33.1 Å². The first kappa shape index (κ1) is 13.2. The lowest BCUT2D eigenvalue weighted by molar-refractivity contribution is 0.569. The predicted molar refractivity (Wildman–Crippen MR) is 90.6 cm³/mol. The summed E-state index contributed by atoms with van der Waals surface area (Å²) in [7, 11) is 0. The number of para-hydroxylation sites is 1. The Morgan fingerprint density at radius 1 is 1.08 bits per heavy atom. The molecule has 0 saturated heterocycles. The number of nitrogens with zero attached hydrogens (tertiary/aromatic N) is 3. The van der Waals surface area contributed by atoms with E-state index in [2.05, 4.69) is 9.97 Å². The third-order valence-corrected chi connectivity index (χ3v) is 4.44. The van der Waals surface area contributed by atoms with Crippen molar-refractivity contribution in [3.63, 3.8) is 0 Å². The monoisotopic (exact) mass is 316 g/mol. The van der Waals surface area contributed by atoms with Crippen LogP contribution in [0.15, 0.2) is 45.7 Å². The molecule has 0 fully saturated rings. The van der Waals surface area contributed by atoms with Crippen LogP contribution in [0.5, 0.6) is 0 Å². The van der Waals surface area contributed by atoms with Gasteiger partial charge in [0.05, 0.1) is 22.3 Å². The largest absolute Gasteiger partial charge is 0.422 e. The van der Waals surface area contributed by atoms with Gasteiger partial charge in [0.1, 0.15) is 5.58 Å². The average Bonchev–Trinajstić information content (AvgIpc) is 2.60. The van der Waals surface area contributed by atoms with E-state index in [4.69, 9.17) is 15.1 Å². The van der Waals surface area contributed by atoms with E-state index in [0.29, 0.717) is 16.5 Å². The molecule has 0 unspecified atom stereocenters. The van der Waals surface area contributed by atoms with Gasteiger partial charge < -0.3 is 10.2 Å². The summed E-state index contributed by atoms with van der Waals surface area (Å²) >= 11 is 0. The first-order valence-electron chi connectivity index (χ1n) is 7.68. The summed E-state index contributed by atoms with van der Waals surface area (Å²) in [5.74, 6) is 0.215. The van der Waals surface area contributed by atoms with Crippen molar-refractivity contribution in [3.8, 4) is 11.3 Å². The molecule has 0 bridgehead atoms. The molecule has 0 saturated carbocycles. The lowest BCUT2D eigenvalue weighted by Gasteiger charge is -2.18. The van der Waals surface area contributed by atoms with Gasteiger partial charge in [-0.1, -0.05) is 12.1 Å². The molecule has 6 nitrogen and oxygen atoms in total. The molecule has 2 N–H and O–H groups in total. The van der Waals surface area contributed by atoms with Gasteiger partial charge in [-0.25, -0.2) is 14.8 Å². The van der Waals surface area contributed by atoms with Crippen LogP contribution >= 0.6 is 0 Å². The van der Waals surface area contributed by atoms with Crippen LogP contribution in [-0.4, -0.2) is 15.0 Å². The molecule has 1 aromatic carbocycles. The van der Waals surface area contributed by atoms with Gasteiger partial charge in [0.15, 0.2) is 0 Å². The number of hydrogen-bond acceptors (Lipinski definition) is 6. The number of rotatable bonds is 0. The fourth-order valence-electron chi connectivity index (χ4n) is 3.30. The smallest absolute Gasteiger partial charge is 0.345 e. The van der Waals surface area contributed by atoms with Gasteiger partial charge in [-0.3, -0.25) is 4.98 Å². The maximum absolute atomic E-state index is 12.4. The minimum atomic E-state index is -0.395. The van der Waals surface area contributed by atoms with Crippen molar-refractivity contribution in [2.75, 3.05) is 5.73 Å². The molecule has 1 aliphatic rings. The van der Waals surface area contributed by atoms with E-state index in [1.807, 2.05) is 24.3 Å². The first-order chi connectivity index (χ1) is 11.7. The van der Waals surface area contributed by atoms with Crippen LogP contribution in [0.2, 0.25) is 0 Å². The standard InChI is InChI=1S/C18H12N4O2/c19-18-20-8-9-5-6-13-11(15(9)22-18)7-12-16(21-13)10-3-1-2-4-14(10)24-17(12)23/h1-4,7-8H,5-6H2,(H2,19,20,22). The number of aryl methyl sites for hydroxylation is 2. The third kappa shape index (κ3) is 1.76. The van der Waals surface area contributed by atoms with Gasteiger partial charge >= 0.3 is 5.63 Å². The highest BCUT2D eigenvalue weighted by molar-refractivity contribution is 6.03. The van der Waals surface area contributed by atoms with E-state index in [-0.39, 0.29) is 5.95 Å². The fourth-order valence-corrected chi connectivity index (χ4v) is 3.30. The van der Waals surface area contributed by atoms with Crippen molar-refractivity contribution in [1.82, 2.24) is 15.0 Å². The van der Waals surface area contributed by atoms with Crippen molar-refractivity contribution in [2.24, 2.45) is 0 Å². The molecule has 4 aromatic rings. The lowest BCUT2D eigenvalue weighted by atomic mass is 9.92. The van der Waals surface area contributed by atoms with E-state index < -0.39 is 5.63 Å². The molecule has 3 heterocycles. The number of nitrogens with two attached hydrogens (primary N) is 1. The topological polar surface area (TPSA) is 94.9 Å². The summed E-state index contributed by atoms with van der Waals surface area (Å²) in [6, 6.07) is 9.26. The molecule has 6 heteroatoms. The lowest BCUT2D eigenvalue weighted by Crippen LogP contribution is -2.12. The summed E-state index contributed by atoms with van der Waals surface area (Å²) in [5, 5.41) is 1.29. The predicted octanol–water partition coefficient (Wildman–Crippen LogP) is 2.48. The molecule has 24 heavy (non-hydrogen) atoms. The van der Waals surface area contributed by atoms with Crippen LogP contribution in [0.1, 0.15) is 11.3 Å². The normalized spacial score (nSPS) is 13.0. The summed E-state index contributed by atoms with van der Waals surface area (Å²) in [6.45, 7) is 0. The van der Waals surface area contributed by atoms with Gasteiger partial charge in [-0.2, -0.15) is 0 Å². The van der Waals surface area contributed by atoms with E-state index in [0.717, 1.165) is 40.7 Å². The maximum atomic E-state index is 12.4. The van der Waals surface area contributed by atoms with Crippen molar-refractivity contribution in [1.29, 1.82) is 0 Å². The Morgan fingerprint density at radius 3 is 2.88 bits per heavy atom. The van der Waals surface area contributed by atoms with Gasteiger partial charge in [0.2, 0.25) is 5.95 Å². The minimum absolute atomic E-state index is 0.215. The fraction of sp³-hybridized carbons (Fsp3) is 0.111. The van der Waals surface area contributed by atoms with Crippen molar-refractivity contribution in [3.05, 3.63) is 58.2 Å². The second kappa shape index (κ2) is 4.61. The Kier molecular flexibility index (Phi) is 2.53. The highest BCUT2D eigenvalue weighted by Crippen LogP contribution is 2.34. The SMILES string of the molecule is Nc1ncc2c(n1)-c1cc3c(=O)oc4ccccc4c3nc1CC2. The molecular formula is C18H12N4O2.